The Morgan fingerprint density at radius 2 is 2.08 bits per heavy atom. The molecule has 0 aromatic heterocycles. The standard InChI is InChI=1S/C7H15F2NOS/c1-12-5-3-10(2-4-11)6-7(8)9/h7,11H,2-6H2,1H3. The Bertz CT molecular complexity index is 105. The summed E-state index contributed by atoms with van der Waals surface area (Å²) in [7, 11) is 0. The zero-order valence-electron chi connectivity index (χ0n) is 7.17. The predicted octanol–water partition coefficient (Wildman–Crippen LogP) is 0.909. The minimum Gasteiger partial charge on any atom is -0.395 e. The van der Waals surface area contributed by atoms with Crippen molar-refractivity contribution < 1.29 is 13.9 Å². The molecule has 0 aliphatic carbocycles. The van der Waals surface area contributed by atoms with Gasteiger partial charge >= 0.3 is 0 Å². The largest absolute Gasteiger partial charge is 0.395 e. The molecule has 0 aromatic carbocycles. The molecule has 0 bridgehead atoms. The summed E-state index contributed by atoms with van der Waals surface area (Å²) in [5.74, 6) is 0.826. The van der Waals surface area contributed by atoms with Crippen molar-refractivity contribution in [2.24, 2.45) is 0 Å². The number of hydrogen-bond donors (Lipinski definition) is 1. The third kappa shape index (κ3) is 6.82. The Balaban J connectivity index is 3.54. The molecule has 0 atom stereocenters. The molecule has 2 nitrogen and oxygen atoms in total. The smallest absolute Gasteiger partial charge is 0.251 e. The summed E-state index contributed by atoms with van der Waals surface area (Å²) >= 11 is 1.61. The number of halogens is 2. The van der Waals surface area contributed by atoms with Gasteiger partial charge in [0.15, 0.2) is 0 Å². The summed E-state index contributed by atoms with van der Waals surface area (Å²) in [6.07, 6.45) is -0.377. The molecule has 12 heavy (non-hydrogen) atoms. The van der Waals surface area contributed by atoms with Gasteiger partial charge in [-0.25, -0.2) is 8.78 Å². The summed E-state index contributed by atoms with van der Waals surface area (Å²) in [4.78, 5) is 1.57. The Morgan fingerprint density at radius 1 is 1.42 bits per heavy atom. The van der Waals surface area contributed by atoms with Gasteiger partial charge in [0.1, 0.15) is 0 Å². The van der Waals surface area contributed by atoms with Crippen molar-refractivity contribution in [2.45, 2.75) is 6.43 Å². The van der Waals surface area contributed by atoms with E-state index < -0.39 is 6.43 Å². The molecule has 0 heterocycles. The van der Waals surface area contributed by atoms with Crippen molar-refractivity contribution in [3.63, 3.8) is 0 Å². The Hall–Kier alpha value is 0.130. The monoisotopic (exact) mass is 199 g/mol. The summed E-state index contributed by atoms with van der Waals surface area (Å²) in [6, 6.07) is 0. The second-order valence-corrected chi connectivity index (χ2v) is 3.39. The fourth-order valence-electron chi connectivity index (χ4n) is 0.851. The van der Waals surface area contributed by atoms with E-state index in [2.05, 4.69) is 0 Å². The van der Waals surface area contributed by atoms with Crippen LogP contribution in [0.25, 0.3) is 0 Å². The van der Waals surface area contributed by atoms with E-state index in [1.807, 2.05) is 6.26 Å². The van der Waals surface area contributed by atoms with Crippen molar-refractivity contribution in [1.82, 2.24) is 4.90 Å². The highest BCUT2D eigenvalue weighted by Crippen LogP contribution is 2.00. The van der Waals surface area contributed by atoms with E-state index in [9.17, 15) is 8.78 Å². The number of nitrogens with zero attached hydrogens (tertiary/aromatic N) is 1. The molecule has 0 rings (SSSR count). The van der Waals surface area contributed by atoms with E-state index in [0.29, 0.717) is 13.1 Å². The molecule has 0 aromatic rings. The molecular formula is C7H15F2NOS. The van der Waals surface area contributed by atoms with Crippen LogP contribution in [-0.2, 0) is 0 Å². The zero-order chi connectivity index (χ0) is 9.40. The number of rotatable bonds is 7. The first-order valence-electron chi connectivity index (χ1n) is 3.81. The van der Waals surface area contributed by atoms with Gasteiger partial charge < -0.3 is 5.11 Å². The lowest BCUT2D eigenvalue weighted by Gasteiger charge is -2.19. The Kier molecular flexibility index (Phi) is 7.85. The normalized spacial score (nSPS) is 11.5. The van der Waals surface area contributed by atoms with E-state index in [1.54, 1.807) is 16.7 Å². The quantitative estimate of drug-likeness (QED) is 0.659. The van der Waals surface area contributed by atoms with Crippen LogP contribution in [0, 0.1) is 0 Å². The molecular weight excluding hydrogens is 184 g/mol. The number of aliphatic hydroxyl groups is 1. The van der Waals surface area contributed by atoms with Gasteiger partial charge in [0.25, 0.3) is 6.43 Å². The van der Waals surface area contributed by atoms with Gasteiger partial charge in [0, 0.05) is 18.8 Å². The van der Waals surface area contributed by atoms with Crippen LogP contribution in [0.5, 0.6) is 0 Å². The maximum absolute atomic E-state index is 11.9. The van der Waals surface area contributed by atoms with Crippen molar-refractivity contribution >= 4 is 11.8 Å². The van der Waals surface area contributed by atoms with Gasteiger partial charge in [-0.3, -0.25) is 4.90 Å². The van der Waals surface area contributed by atoms with Crippen molar-refractivity contribution in [3.05, 3.63) is 0 Å². The summed E-state index contributed by atoms with van der Waals surface area (Å²) in [6.45, 7) is 0.666. The molecule has 0 saturated carbocycles. The summed E-state index contributed by atoms with van der Waals surface area (Å²) in [5, 5.41) is 8.56. The highest BCUT2D eigenvalue weighted by Gasteiger charge is 2.10. The first-order chi connectivity index (χ1) is 5.70. The minimum atomic E-state index is -2.31. The zero-order valence-corrected chi connectivity index (χ0v) is 7.99. The predicted molar refractivity (Wildman–Crippen MR) is 47.9 cm³/mol. The molecule has 0 spiro atoms. The molecule has 0 unspecified atom stereocenters. The summed E-state index contributed by atoms with van der Waals surface area (Å²) < 4.78 is 23.8. The van der Waals surface area contributed by atoms with Crippen LogP contribution >= 0.6 is 11.8 Å². The average molecular weight is 199 g/mol. The van der Waals surface area contributed by atoms with Crippen molar-refractivity contribution in [2.75, 3.05) is 38.2 Å². The van der Waals surface area contributed by atoms with Crippen LogP contribution in [-0.4, -0.2) is 54.7 Å². The van der Waals surface area contributed by atoms with E-state index in [0.717, 1.165) is 5.75 Å². The van der Waals surface area contributed by atoms with Crippen LogP contribution in [0.4, 0.5) is 8.78 Å². The third-order valence-corrected chi connectivity index (χ3v) is 2.01. The van der Waals surface area contributed by atoms with Crippen molar-refractivity contribution in [3.8, 4) is 0 Å². The second kappa shape index (κ2) is 7.76. The SMILES string of the molecule is CSCCN(CCO)CC(F)F. The van der Waals surface area contributed by atoms with E-state index >= 15 is 0 Å². The maximum atomic E-state index is 11.9. The lowest BCUT2D eigenvalue weighted by atomic mass is 10.5. The van der Waals surface area contributed by atoms with Crippen molar-refractivity contribution in [1.29, 1.82) is 0 Å². The number of thioether (sulfide) groups is 1. The number of aliphatic hydroxyl groups excluding tert-OH is 1. The maximum Gasteiger partial charge on any atom is 0.251 e. The molecule has 0 aliphatic rings. The molecule has 0 saturated heterocycles. The Morgan fingerprint density at radius 3 is 2.50 bits per heavy atom. The van der Waals surface area contributed by atoms with Gasteiger partial charge in [-0.2, -0.15) is 11.8 Å². The van der Waals surface area contributed by atoms with Crippen LogP contribution < -0.4 is 0 Å². The van der Waals surface area contributed by atoms with Gasteiger partial charge in [0.05, 0.1) is 13.2 Å². The van der Waals surface area contributed by atoms with Gasteiger partial charge in [0.2, 0.25) is 0 Å². The second-order valence-electron chi connectivity index (χ2n) is 2.41. The molecule has 0 aliphatic heterocycles. The van der Waals surface area contributed by atoms with E-state index in [-0.39, 0.29) is 13.2 Å². The van der Waals surface area contributed by atoms with E-state index in [1.165, 1.54) is 0 Å². The number of alkyl halides is 2. The first-order valence-corrected chi connectivity index (χ1v) is 5.20. The first kappa shape index (κ1) is 12.1. The topological polar surface area (TPSA) is 23.5 Å². The van der Waals surface area contributed by atoms with Crippen LogP contribution in [0.3, 0.4) is 0 Å². The van der Waals surface area contributed by atoms with Crippen LogP contribution in [0.2, 0.25) is 0 Å². The number of hydrogen-bond acceptors (Lipinski definition) is 3. The fraction of sp³-hybridized carbons (Fsp3) is 1.00. The van der Waals surface area contributed by atoms with Crippen LogP contribution in [0.15, 0.2) is 0 Å². The van der Waals surface area contributed by atoms with E-state index in [4.69, 9.17) is 5.11 Å². The van der Waals surface area contributed by atoms with Crippen LogP contribution in [0.1, 0.15) is 0 Å². The highest BCUT2D eigenvalue weighted by atomic mass is 32.2. The molecule has 1 N–H and O–H groups in total. The van der Waals surface area contributed by atoms with Gasteiger partial charge in [-0.1, -0.05) is 0 Å². The molecule has 74 valence electrons. The lowest BCUT2D eigenvalue weighted by molar-refractivity contribution is 0.0818. The molecule has 0 radical (unpaired) electrons. The Labute approximate surface area is 75.9 Å². The minimum absolute atomic E-state index is 0.0545. The van der Waals surface area contributed by atoms with Gasteiger partial charge in [-0.15, -0.1) is 0 Å². The average Bonchev–Trinajstić information content (AvgIpc) is 2.00. The third-order valence-electron chi connectivity index (χ3n) is 1.42. The summed E-state index contributed by atoms with van der Waals surface area (Å²) in [5.41, 5.74) is 0. The van der Waals surface area contributed by atoms with Gasteiger partial charge in [-0.05, 0) is 6.26 Å². The lowest BCUT2D eigenvalue weighted by Crippen LogP contribution is -2.33. The molecule has 0 fully saturated rings. The molecule has 0 amide bonds. The highest BCUT2D eigenvalue weighted by molar-refractivity contribution is 7.98. The molecule has 5 heteroatoms. The fourth-order valence-corrected chi connectivity index (χ4v) is 1.29.